The van der Waals surface area contributed by atoms with Gasteiger partial charge >= 0.3 is 0 Å². The molecule has 0 fully saturated rings. The average molecular weight is 237 g/mol. The largest absolute Gasteiger partial charge is 0.508 e. The van der Waals surface area contributed by atoms with Crippen molar-refractivity contribution >= 4 is 0 Å². The van der Waals surface area contributed by atoms with Crippen LogP contribution in [0.15, 0.2) is 47.4 Å². The van der Waals surface area contributed by atoms with Gasteiger partial charge in [0.25, 0.3) is 12.0 Å². The lowest BCUT2D eigenvalue weighted by atomic mass is 10.2. The van der Waals surface area contributed by atoms with Crippen molar-refractivity contribution in [2.75, 3.05) is 0 Å². The Morgan fingerprint density at radius 1 is 1.12 bits per heavy atom. The Kier molecular flexibility index (Phi) is 2.91. The number of aromatic nitrogens is 1. The Bertz CT molecular complexity index is 576. The fourth-order valence-electron chi connectivity index (χ4n) is 1.46. The van der Waals surface area contributed by atoms with E-state index in [1.54, 1.807) is 0 Å². The van der Waals surface area contributed by atoms with E-state index >= 15 is 0 Å². The predicted molar refractivity (Wildman–Crippen MR) is 58.7 cm³/mol. The third-order valence-electron chi connectivity index (χ3n) is 2.32. The minimum Gasteiger partial charge on any atom is -0.508 e. The first-order valence-electron chi connectivity index (χ1n) is 4.88. The van der Waals surface area contributed by atoms with E-state index in [0.717, 1.165) is 6.07 Å². The third-order valence-corrected chi connectivity index (χ3v) is 2.32. The third kappa shape index (κ3) is 2.33. The molecule has 1 aromatic heterocycles. The molecule has 2 rings (SSSR count). The Morgan fingerprint density at radius 2 is 1.76 bits per heavy atom. The molecule has 0 saturated carbocycles. The van der Waals surface area contributed by atoms with Crippen LogP contribution in [-0.2, 0) is 0 Å². The Hall–Kier alpha value is -2.17. The first-order chi connectivity index (χ1) is 8.08. The van der Waals surface area contributed by atoms with Crippen LogP contribution in [-0.4, -0.2) is 9.67 Å². The Morgan fingerprint density at radius 3 is 2.29 bits per heavy atom. The maximum atomic E-state index is 12.4. The summed E-state index contributed by atoms with van der Waals surface area (Å²) in [5.74, 6) is 0.0750. The summed E-state index contributed by atoms with van der Waals surface area (Å²) in [6.07, 6.45) is -1.37. The molecule has 0 spiro atoms. The number of halogens is 2. The highest BCUT2D eigenvalue weighted by molar-refractivity contribution is 5.37. The van der Waals surface area contributed by atoms with Crippen molar-refractivity contribution in [2.24, 2.45) is 0 Å². The molecule has 17 heavy (non-hydrogen) atoms. The van der Waals surface area contributed by atoms with E-state index in [-0.39, 0.29) is 11.3 Å². The second-order valence-electron chi connectivity index (χ2n) is 3.49. The summed E-state index contributed by atoms with van der Waals surface area (Å²) in [5.41, 5.74) is -0.327. The van der Waals surface area contributed by atoms with Crippen LogP contribution < -0.4 is 5.56 Å². The van der Waals surface area contributed by atoms with Crippen LogP contribution >= 0.6 is 0 Å². The fraction of sp³-hybridized carbons (Fsp3) is 0.0833. The van der Waals surface area contributed by atoms with Gasteiger partial charge in [0.2, 0.25) is 0 Å². The normalized spacial score (nSPS) is 10.8. The first-order valence-corrected chi connectivity index (χ1v) is 4.88. The van der Waals surface area contributed by atoms with Crippen LogP contribution in [0.5, 0.6) is 5.75 Å². The number of aromatic hydroxyl groups is 1. The summed E-state index contributed by atoms with van der Waals surface area (Å²) in [7, 11) is 0. The van der Waals surface area contributed by atoms with Crippen molar-refractivity contribution in [1.82, 2.24) is 4.57 Å². The second kappa shape index (κ2) is 4.37. The standard InChI is InChI=1S/C12H9F2NO2/c13-12(14)8-5-6-15(11(17)7-8)9-1-3-10(16)4-2-9/h1-7,12,16H. The predicted octanol–water partition coefficient (Wildman–Crippen LogP) is 2.48. The minimum atomic E-state index is -2.66. The molecule has 0 bridgehead atoms. The van der Waals surface area contributed by atoms with Crippen molar-refractivity contribution in [1.29, 1.82) is 0 Å². The van der Waals surface area contributed by atoms with Crippen LogP contribution in [0.2, 0.25) is 0 Å². The minimum absolute atomic E-state index is 0.0750. The molecule has 0 unspecified atom stereocenters. The molecule has 0 amide bonds. The van der Waals surface area contributed by atoms with Crippen molar-refractivity contribution in [3.05, 3.63) is 58.5 Å². The van der Waals surface area contributed by atoms with Gasteiger partial charge in [-0.15, -0.1) is 0 Å². The first kappa shape index (κ1) is 11.3. The topological polar surface area (TPSA) is 42.2 Å². The highest BCUT2D eigenvalue weighted by atomic mass is 19.3. The van der Waals surface area contributed by atoms with Gasteiger partial charge in [-0.1, -0.05) is 0 Å². The number of alkyl halides is 2. The zero-order chi connectivity index (χ0) is 12.4. The summed E-state index contributed by atoms with van der Waals surface area (Å²) in [6.45, 7) is 0. The Labute approximate surface area is 95.6 Å². The maximum absolute atomic E-state index is 12.4. The molecule has 2 aromatic rings. The van der Waals surface area contributed by atoms with Gasteiger partial charge in [0.15, 0.2) is 0 Å². The summed E-state index contributed by atoms with van der Waals surface area (Å²) in [6, 6.07) is 7.99. The van der Waals surface area contributed by atoms with E-state index < -0.39 is 12.0 Å². The van der Waals surface area contributed by atoms with E-state index in [1.165, 1.54) is 41.1 Å². The SMILES string of the molecule is O=c1cc(C(F)F)ccn1-c1ccc(O)cc1. The number of hydrogen-bond acceptors (Lipinski definition) is 2. The monoisotopic (exact) mass is 237 g/mol. The summed E-state index contributed by atoms with van der Waals surface area (Å²) < 4.78 is 25.9. The molecule has 0 saturated heterocycles. The fourth-order valence-corrected chi connectivity index (χ4v) is 1.46. The van der Waals surface area contributed by atoms with Crippen LogP contribution in [0.1, 0.15) is 12.0 Å². The number of rotatable bonds is 2. The van der Waals surface area contributed by atoms with Gasteiger partial charge in [0.05, 0.1) is 0 Å². The van der Waals surface area contributed by atoms with Crippen molar-refractivity contribution in [3.8, 4) is 11.4 Å². The van der Waals surface area contributed by atoms with Gasteiger partial charge in [0.1, 0.15) is 5.75 Å². The van der Waals surface area contributed by atoms with E-state index in [9.17, 15) is 13.6 Å². The lowest BCUT2D eigenvalue weighted by Gasteiger charge is -2.06. The highest BCUT2D eigenvalue weighted by Crippen LogP contribution is 2.17. The molecule has 0 aliphatic heterocycles. The molecule has 1 heterocycles. The molecule has 1 aromatic carbocycles. The van der Waals surface area contributed by atoms with Crippen molar-refractivity contribution in [3.63, 3.8) is 0 Å². The van der Waals surface area contributed by atoms with Gasteiger partial charge in [0, 0.05) is 23.5 Å². The van der Waals surface area contributed by atoms with Gasteiger partial charge in [-0.2, -0.15) is 0 Å². The molecule has 0 aliphatic rings. The maximum Gasteiger partial charge on any atom is 0.264 e. The smallest absolute Gasteiger partial charge is 0.264 e. The number of phenolic OH excluding ortho intramolecular Hbond substituents is 1. The van der Waals surface area contributed by atoms with Crippen LogP contribution in [0.3, 0.4) is 0 Å². The van der Waals surface area contributed by atoms with Crippen molar-refractivity contribution < 1.29 is 13.9 Å². The average Bonchev–Trinajstić information content (AvgIpc) is 2.30. The van der Waals surface area contributed by atoms with Gasteiger partial charge < -0.3 is 5.11 Å². The molecule has 1 N–H and O–H groups in total. The zero-order valence-electron chi connectivity index (χ0n) is 8.68. The summed E-state index contributed by atoms with van der Waals surface area (Å²) in [4.78, 5) is 11.6. The second-order valence-corrected chi connectivity index (χ2v) is 3.49. The molecule has 5 heteroatoms. The molecular weight excluding hydrogens is 228 g/mol. The number of phenols is 1. The lowest BCUT2D eigenvalue weighted by molar-refractivity contribution is 0.151. The van der Waals surface area contributed by atoms with E-state index in [4.69, 9.17) is 5.11 Å². The number of hydrogen-bond donors (Lipinski definition) is 1. The van der Waals surface area contributed by atoms with Crippen molar-refractivity contribution in [2.45, 2.75) is 6.43 Å². The molecule has 0 radical (unpaired) electrons. The molecular formula is C12H9F2NO2. The van der Waals surface area contributed by atoms with E-state index in [1.807, 2.05) is 0 Å². The quantitative estimate of drug-likeness (QED) is 0.871. The van der Waals surface area contributed by atoms with Crippen LogP contribution in [0.25, 0.3) is 5.69 Å². The van der Waals surface area contributed by atoms with Gasteiger partial charge in [-0.05, 0) is 30.3 Å². The Balaban J connectivity index is 2.47. The molecule has 3 nitrogen and oxygen atoms in total. The number of nitrogens with zero attached hydrogens (tertiary/aromatic N) is 1. The zero-order valence-corrected chi connectivity index (χ0v) is 8.68. The lowest BCUT2D eigenvalue weighted by Crippen LogP contribution is -2.17. The molecule has 0 aliphatic carbocycles. The molecule has 88 valence electrons. The van der Waals surface area contributed by atoms with Gasteiger partial charge in [-0.3, -0.25) is 9.36 Å². The van der Waals surface area contributed by atoms with Gasteiger partial charge in [-0.25, -0.2) is 8.78 Å². The van der Waals surface area contributed by atoms with E-state index in [2.05, 4.69) is 0 Å². The number of benzene rings is 1. The highest BCUT2D eigenvalue weighted by Gasteiger charge is 2.08. The summed E-state index contributed by atoms with van der Waals surface area (Å²) >= 11 is 0. The van der Waals surface area contributed by atoms with Crippen LogP contribution in [0.4, 0.5) is 8.78 Å². The van der Waals surface area contributed by atoms with Crippen LogP contribution in [0, 0.1) is 0 Å². The molecule has 0 atom stereocenters. The van der Waals surface area contributed by atoms with E-state index in [0.29, 0.717) is 5.69 Å². The number of pyridine rings is 1. The summed E-state index contributed by atoms with van der Waals surface area (Å²) in [5, 5.41) is 9.10.